The molecule has 2 amide bonds. The highest BCUT2D eigenvalue weighted by Gasteiger charge is 2.35. The molecule has 5 atom stereocenters. The van der Waals surface area contributed by atoms with Gasteiger partial charge in [0.2, 0.25) is 11.8 Å². The number of carboxylic acids is 1. The predicted octanol–water partition coefficient (Wildman–Crippen LogP) is 7.02. The molecule has 2 rings (SSSR count). The zero-order valence-corrected chi connectivity index (χ0v) is 32.8. The Kier molecular flexibility index (Phi) is 18.6. The molecule has 0 saturated heterocycles. The van der Waals surface area contributed by atoms with E-state index in [2.05, 4.69) is 41.8 Å². The number of aliphatic carboxylic acids is 1. The molecule has 1 unspecified atom stereocenters. The van der Waals surface area contributed by atoms with Crippen molar-refractivity contribution in [2.45, 2.75) is 143 Å². The molecule has 2 aromatic carbocycles. The van der Waals surface area contributed by atoms with Gasteiger partial charge in [-0.3, -0.25) is 24.0 Å². The quantitative estimate of drug-likeness (QED) is 0.0618. The molecule has 0 saturated carbocycles. The van der Waals surface area contributed by atoms with Gasteiger partial charge in [0.25, 0.3) is 0 Å². The SMILES string of the molecule is CCCCC[C@H](CC(=O)Oc1ccc(-c2ccc(CCCC)cc2)cc1)C(=O)N[C@H](C(=O)C[C@@H](C)C(=O)N[C@@H](CC(C)=O)C(=O)O)C(C)OC(C)(C)C. The third kappa shape index (κ3) is 16.4. The molecule has 0 radical (unpaired) electrons. The summed E-state index contributed by atoms with van der Waals surface area (Å²) in [6, 6.07) is 13.0. The minimum absolute atomic E-state index is 0.211. The van der Waals surface area contributed by atoms with Crippen LogP contribution in [0.5, 0.6) is 5.75 Å². The van der Waals surface area contributed by atoms with Crippen LogP contribution in [0.4, 0.5) is 0 Å². The molecule has 0 aliphatic heterocycles. The number of ketones is 2. The summed E-state index contributed by atoms with van der Waals surface area (Å²) in [6.45, 7) is 14.0. The van der Waals surface area contributed by atoms with Crippen LogP contribution in [-0.4, -0.2) is 64.2 Å². The normalized spacial score (nSPS) is 14.3. The lowest BCUT2D eigenvalue weighted by atomic mass is 9.93. The summed E-state index contributed by atoms with van der Waals surface area (Å²) in [4.78, 5) is 76.7. The van der Waals surface area contributed by atoms with Crippen molar-refractivity contribution in [2.75, 3.05) is 0 Å². The van der Waals surface area contributed by atoms with Gasteiger partial charge in [-0.15, -0.1) is 0 Å². The van der Waals surface area contributed by atoms with Gasteiger partial charge in [0.1, 0.15) is 23.6 Å². The van der Waals surface area contributed by atoms with Crippen molar-refractivity contribution >= 4 is 35.3 Å². The molecule has 11 heteroatoms. The van der Waals surface area contributed by atoms with Crippen LogP contribution in [0.25, 0.3) is 11.1 Å². The van der Waals surface area contributed by atoms with Gasteiger partial charge in [-0.05, 0) is 82.7 Å². The minimum atomic E-state index is -1.43. The summed E-state index contributed by atoms with van der Waals surface area (Å²) in [6.07, 6.45) is 4.42. The Balaban J connectivity index is 2.19. The first-order chi connectivity index (χ1) is 24.9. The van der Waals surface area contributed by atoms with E-state index < -0.39 is 77.4 Å². The second-order valence-electron chi connectivity index (χ2n) is 15.0. The third-order valence-electron chi connectivity index (χ3n) is 8.85. The van der Waals surface area contributed by atoms with Crippen molar-refractivity contribution in [3.63, 3.8) is 0 Å². The molecule has 0 heterocycles. The highest BCUT2D eigenvalue weighted by molar-refractivity contribution is 5.95. The summed E-state index contributed by atoms with van der Waals surface area (Å²) < 4.78 is 11.7. The monoisotopic (exact) mass is 736 g/mol. The number of unbranched alkanes of at least 4 members (excludes halogenated alkanes) is 3. The molecule has 0 aromatic heterocycles. The Hall–Kier alpha value is -4.38. The van der Waals surface area contributed by atoms with Crippen molar-refractivity contribution in [1.82, 2.24) is 10.6 Å². The van der Waals surface area contributed by atoms with Crippen LogP contribution in [0.1, 0.15) is 119 Å². The summed E-state index contributed by atoms with van der Waals surface area (Å²) in [5, 5.41) is 14.6. The first kappa shape index (κ1) is 44.8. The minimum Gasteiger partial charge on any atom is -0.480 e. The van der Waals surface area contributed by atoms with Gasteiger partial charge >= 0.3 is 11.9 Å². The van der Waals surface area contributed by atoms with E-state index in [4.69, 9.17) is 9.47 Å². The van der Waals surface area contributed by atoms with Crippen LogP contribution in [0.3, 0.4) is 0 Å². The molecular weight excluding hydrogens is 676 g/mol. The fourth-order valence-corrected chi connectivity index (χ4v) is 5.98. The van der Waals surface area contributed by atoms with Gasteiger partial charge in [0.05, 0.1) is 18.1 Å². The zero-order valence-electron chi connectivity index (χ0n) is 32.8. The molecule has 0 fully saturated rings. The van der Waals surface area contributed by atoms with E-state index >= 15 is 0 Å². The van der Waals surface area contributed by atoms with E-state index in [0.717, 1.165) is 43.2 Å². The highest BCUT2D eigenvalue weighted by Crippen LogP contribution is 2.25. The molecule has 11 nitrogen and oxygen atoms in total. The number of Topliss-reactive ketones (excluding diaryl/α,β-unsaturated/α-hetero) is 2. The van der Waals surface area contributed by atoms with Gasteiger partial charge in [-0.1, -0.05) is 82.9 Å². The highest BCUT2D eigenvalue weighted by atomic mass is 16.5. The third-order valence-corrected chi connectivity index (χ3v) is 8.85. The number of carboxylic acid groups (broad SMARTS) is 1. The Bertz CT molecular complexity index is 1510. The Labute approximate surface area is 315 Å². The van der Waals surface area contributed by atoms with Gasteiger partial charge < -0.3 is 25.2 Å². The van der Waals surface area contributed by atoms with Crippen LogP contribution >= 0.6 is 0 Å². The fourth-order valence-electron chi connectivity index (χ4n) is 5.98. The van der Waals surface area contributed by atoms with E-state index in [1.807, 2.05) is 39.8 Å². The van der Waals surface area contributed by atoms with Gasteiger partial charge in [0.15, 0.2) is 5.78 Å². The van der Waals surface area contributed by atoms with E-state index in [1.165, 1.54) is 19.4 Å². The number of hydrogen-bond donors (Lipinski definition) is 3. The first-order valence-electron chi connectivity index (χ1n) is 18.9. The van der Waals surface area contributed by atoms with Crippen molar-refractivity contribution < 1.29 is 43.3 Å². The Morgan fingerprint density at radius 3 is 1.87 bits per heavy atom. The average molecular weight is 737 g/mol. The summed E-state index contributed by atoms with van der Waals surface area (Å²) >= 11 is 0. The molecule has 0 spiro atoms. The van der Waals surface area contributed by atoms with Gasteiger partial charge in [0, 0.05) is 24.7 Å². The van der Waals surface area contributed by atoms with Crippen LogP contribution < -0.4 is 15.4 Å². The maximum absolute atomic E-state index is 13.8. The number of carbonyl (C=O) groups excluding carboxylic acids is 5. The molecule has 0 aliphatic carbocycles. The van der Waals surface area contributed by atoms with Crippen LogP contribution in [0.2, 0.25) is 0 Å². The number of esters is 1. The van der Waals surface area contributed by atoms with E-state index in [9.17, 15) is 33.9 Å². The van der Waals surface area contributed by atoms with Gasteiger partial charge in [-0.25, -0.2) is 4.79 Å². The average Bonchev–Trinajstić information content (AvgIpc) is 3.08. The van der Waals surface area contributed by atoms with Gasteiger partial charge in [-0.2, -0.15) is 0 Å². The number of amides is 2. The van der Waals surface area contributed by atoms with Crippen molar-refractivity contribution in [3.8, 4) is 16.9 Å². The molecule has 53 heavy (non-hydrogen) atoms. The van der Waals surface area contributed by atoms with E-state index in [0.29, 0.717) is 18.6 Å². The number of ether oxygens (including phenoxy) is 2. The smallest absolute Gasteiger partial charge is 0.326 e. The zero-order chi connectivity index (χ0) is 39.7. The Morgan fingerprint density at radius 2 is 1.34 bits per heavy atom. The van der Waals surface area contributed by atoms with Crippen molar-refractivity contribution in [3.05, 3.63) is 54.1 Å². The number of aryl methyl sites for hydroxylation is 1. The first-order valence-corrected chi connectivity index (χ1v) is 18.9. The molecule has 3 N–H and O–H groups in total. The molecule has 2 aromatic rings. The van der Waals surface area contributed by atoms with Crippen LogP contribution in [0, 0.1) is 11.8 Å². The largest absolute Gasteiger partial charge is 0.480 e. The lowest BCUT2D eigenvalue weighted by Crippen LogP contribution is -2.53. The molecule has 292 valence electrons. The molecule has 0 aliphatic rings. The summed E-state index contributed by atoms with van der Waals surface area (Å²) in [7, 11) is 0. The predicted molar refractivity (Wildman–Crippen MR) is 204 cm³/mol. The number of nitrogens with one attached hydrogen (secondary N) is 2. The summed E-state index contributed by atoms with van der Waals surface area (Å²) in [5.41, 5.74) is 2.65. The molecule has 0 bridgehead atoms. The van der Waals surface area contributed by atoms with E-state index in [-0.39, 0.29) is 12.8 Å². The lowest BCUT2D eigenvalue weighted by molar-refractivity contribution is -0.144. The lowest BCUT2D eigenvalue weighted by Gasteiger charge is -2.32. The second-order valence-corrected chi connectivity index (χ2v) is 15.0. The van der Waals surface area contributed by atoms with Crippen LogP contribution in [0.15, 0.2) is 48.5 Å². The Morgan fingerprint density at radius 1 is 0.755 bits per heavy atom. The summed E-state index contributed by atoms with van der Waals surface area (Å²) in [5.74, 6) is -5.49. The maximum atomic E-state index is 13.8. The maximum Gasteiger partial charge on any atom is 0.326 e. The van der Waals surface area contributed by atoms with Crippen LogP contribution in [-0.2, 0) is 39.9 Å². The molecular formula is C42H60N2O9. The van der Waals surface area contributed by atoms with Crippen molar-refractivity contribution in [1.29, 1.82) is 0 Å². The number of carbonyl (C=O) groups is 6. The van der Waals surface area contributed by atoms with E-state index in [1.54, 1.807) is 19.1 Å². The number of hydrogen-bond acceptors (Lipinski definition) is 8. The number of benzene rings is 2. The number of rotatable bonds is 23. The fraction of sp³-hybridized carbons (Fsp3) is 0.571. The topological polar surface area (TPSA) is 165 Å². The second kappa shape index (κ2) is 22.0. The standard InChI is InChI=1S/C42H60N2O9/c1-9-11-13-15-33(26-37(47)52-34-22-20-32(21-23-34)31-18-16-30(17-19-31)14-12-10-2)40(49)44-38(29(5)53-42(6,7)8)36(46)24-27(3)39(48)43-35(41(50)51)25-28(4)45/h16-23,27,29,33,35,38H,9-15,24-26H2,1-8H3,(H,43,48)(H,44,49)(H,50,51)/t27-,29?,33-,35+,38+/m1/s1. The van der Waals surface area contributed by atoms with Crippen molar-refractivity contribution in [2.24, 2.45) is 11.8 Å².